The Labute approximate surface area is 75.9 Å². The number of carbonyl (C=O) groups is 1. The minimum atomic E-state index is -2.73. The first-order valence-electron chi connectivity index (χ1n) is 4.44. The van der Waals surface area contributed by atoms with E-state index in [0.29, 0.717) is 6.54 Å². The Morgan fingerprint density at radius 3 is 2.85 bits per heavy atom. The van der Waals surface area contributed by atoms with Crippen molar-refractivity contribution in [1.82, 2.24) is 10.6 Å². The lowest BCUT2D eigenvalue weighted by Gasteiger charge is -2.09. The molecule has 1 saturated heterocycles. The highest BCUT2D eigenvalue weighted by atomic mass is 19.3. The van der Waals surface area contributed by atoms with Crippen LogP contribution >= 0.6 is 0 Å². The van der Waals surface area contributed by atoms with Crippen molar-refractivity contribution < 1.29 is 13.6 Å². The first-order valence-corrected chi connectivity index (χ1v) is 4.44. The third kappa shape index (κ3) is 2.91. The molecule has 0 spiro atoms. The van der Waals surface area contributed by atoms with E-state index in [-0.39, 0.29) is 12.3 Å². The van der Waals surface area contributed by atoms with Gasteiger partial charge in [0.25, 0.3) is 5.92 Å². The van der Waals surface area contributed by atoms with Gasteiger partial charge in [0.1, 0.15) is 0 Å². The summed E-state index contributed by atoms with van der Waals surface area (Å²) in [4.78, 5) is 11.2. The fourth-order valence-corrected chi connectivity index (χ4v) is 1.27. The minimum Gasteiger partial charge on any atom is -0.355 e. The second-order valence-corrected chi connectivity index (χ2v) is 3.28. The molecule has 1 aliphatic rings. The second kappa shape index (κ2) is 4.00. The fourth-order valence-electron chi connectivity index (χ4n) is 1.27. The lowest BCUT2D eigenvalue weighted by Crippen LogP contribution is -2.40. The Morgan fingerprint density at radius 1 is 1.69 bits per heavy atom. The highest BCUT2D eigenvalue weighted by Gasteiger charge is 2.42. The maximum atomic E-state index is 12.6. The molecule has 0 aliphatic carbocycles. The van der Waals surface area contributed by atoms with Crippen molar-refractivity contribution in [3.8, 4) is 0 Å². The van der Waals surface area contributed by atoms with Gasteiger partial charge in [0, 0.05) is 13.0 Å². The van der Waals surface area contributed by atoms with Gasteiger partial charge >= 0.3 is 0 Å². The summed E-state index contributed by atoms with van der Waals surface area (Å²) >= 11 is 0. The molecular formula is C8H14F2N2O. The molecule has 1 atom stereocenters. The van der Waals surface area contributed by atoms with Crippen molar-refractivity contribution in [3.05, 3.63) is 0 Å². The number of nitrogens with one attached hydrogen (secondary N) is 2. The zero-order chi connectivity index (χ0) is 9.90. The molecule has 1 aliphatic heterocycles. The Kier molecular flexibility index (Phi) is 3.19. The molecule has 1 fully saturated rings. The van der Waals surface area contributed by atoms with Gasteiger partial charge in [0.15, 0.2) is 0 Å². The van der Waals surface area contributed by atoms with E-state index in [1.165, 1.54) is 0 Å². The van der Waals surface area contributed by atoms with Gasteiger partial charge in [-0.15, -0.1) is 0 Å². The van der Waals surface area contributed by atoms with E-state index in [9.17, 15) is 13.6 Å². The predicted molar refractivity (Wildman–Crippen MR) is 44.7 cm³/mol. The quantitative estimate of drug-likeness (QED) is 0.684. The average Bonchev–Trinajstić information content (AvgIpc) is 2.42. The molecule has 0 aromatic rings. The molecular weight excluding hydrogens is 178 g/mol. The van der Waals surface area contributed by atoms with Gasteiger partial charge in [-0.1, -0.05) is 6.92 Å². The SMILES string of the molecule is CCCNC(=O)[C@@H]1CC(F)(F)CN1. The lowest BCUT2D eigenvalue weighted by atomic mass is 10.2. The third-order valence-corrected chi connectivity index (χ3v) is 1.98. The summed E-state index contributed by atoms with van der Waals surface area (Å²) in [6.45, 7) is 2.07. The number of amides is 1. The van der Waals surface area contributed by atoms with Crippen molar-refractivity contribution in [2.75, 3.05) is 13.1 Å². The molecule has 0 aromatic heterocycles. The van der Waals surface area contributed by atoms with Gasteiger partial charge in [-0.3, -0.25) is 10.1 Å². The van der Waals surface area contributed by atoms with Crippen molar-refractivity contribution in [2.24, 2.45) is 0 Å². The van der Waals surface area contributed by atoms with Crippen LogP contribution < -0.4 is 10.6 Å². The van der Waals surface area contributed by atoms with Crippen LogP contribution in [0.15, 0.2) is 0 Å². The van der Waals surface area contributed by atoms with Crippen LogP contribution in [-0.2, 0) is 4.79 Å². The van der Waals surface area contributed by atoms with Crippen molar-refractivity contribution in [2.45, 2.75) is 31.7 Å². The Bertz CT molecular complexity index is 197. The van der Waals surface area contributed by atoms with Crippen LogP contribution in [-0.4, -0.2) is 31.0 Å². The summed E-state index contributed by atoms with van der Waals surface area (Å²) in [5, 5.41) is 5.07. The summed E-state index contributed by atoms with van der Waals surface area (Å²) in [5.41, 5.74) is 0. The van der Waals surface area contributed by atoms with Gasteiger partial charge in [-0.05, 0) is 6.42 Å². The van der Waals surface area contributed by atoms with E-state index in [1.807, 2.05) is 6.92 Å². The Balaban J connectivity index is 2.33. The van der Waals surface area contributed by atoms with Crippen LogP contribution in [0.2, 0.25) is 0 Å². The van der Waals surface area contributed by atoms with Gasteiger partial charge in [0.2, 0.25) is 5.91 Å². The number of rotatable bonds is 3. The van der Waals surface area contributed by atoms with Crippen molar-refractivity contribution in [1.29, 1.82) is 0 Å². The fraction of sp³-hybridized carbons (Fsp3) is 0.875. The number of hydrogen-bond acceptors (Lipinski definition) is 2. The predicted octanol–water partition coefficient (Wildman–Crippen LogP) is 0.510. The first kappa shape index (κ1) is 10.4. The maximum absolute atomic E-state index is 12.6. The monoisotopic (exact) mass is 192 g/mol. The van der Waals surface area contributed by atoms with Crippen LogP contribution in [0.3, 0.4) is 0 Å². The topological polar surface area (TPSA) is 41.1 Å². The lowest BCUT2D eigenvalue weighted by molar-refractivity contribution is -0.123. The molecule has 5 heteroatoms. The van der Waals surface area contributed by atoms with E-state index in [1.54, 1.807) is 0 Å². The van der Waals surface area contributed by atoms with Gasteiger partial charge in [0.05, 0.1) is 12.6 Å². The molecule has 3 nitrogen and oxygen atoms in total. The highest BCUT2D eigenvalue weighted by Crippen LogP contribution is 2.24. The summed E-state index contributed by atoms with van der Waals surface area (Å²) in [6.07, 6.45) is 0.428. The molecule has 2 N–H and O–H groups in total. The van der Waals surface area contributed by atoms with Crippen LogP contribution in [0.5, 0.6) is 0 Å². The summed E-state index contributed by atoms with van der Waals surface area (Å²) in [6, 6.07) is -0.721. The number of alkyl halides is 2. The number of halogens is 2. The summed E-state index contributed by atoms with van der Waals surface area (Å²) in [5.74, 6) is -3.05. The standard InChI is InChI=1S/C8H14F2N2O/c1-2-3-11-7(13)6-4-8(9,10)5-12-6/h6,12H,2-5H2,1H3,(H,11,13)/t6-/m0/s1. The van der Waals surface area contributed by atoms with Crippen molar-refractivity contribution >= 4 is 5.91 Å². The molecule has 0 bridgehead atoms. The molecule has 0 aromatic carbocycles. The number of hydrogen-bond donors (Lipinski definition) is 2. The minimum absolute atomic E-state index is 0.320. The second-order valence-electron chi connectivity index (χ2n) is 3.28. The van der Waals surface area contributed by atoms with E-state index in [4.69, 9.17) is 0 Å². The summed E-state index contributed by atoms with van der Waals surface area (Å²) in [7, 11) is 0. The van der Waals surface area contributed by atoms with Crippen LogP contribution in [0.4, 0.5) is 8.78 Å². The average molecular weight is 192 g/mol. The summed E-state index contributed by atoms with van der Waals surface area (Å²) < 4.78 is 25.3. The zero-order valence-electron chi connectivity index (χ0n) is 7.57. The number of carbonyl (C=O) groups excluding carboxylic acids is 1. The van der Waals surface area contributed by atoms with E-state index >= 15 is 0 Å². The molecule has 13 heavy (non-hydrogen) atoms. The third-order valence-electron chi connectivity index (χ3n) is 1.98. The molecule has 0 saturated carbocycles. The Hall–Kier alpha value is -0.710. The van der Waals surface area contributed by atoms with Crippen molar-refractivity contribution in [3.63, 3.8) is 0 Å². The van der Waals surface area contributed by atoms with Gasteiger partial charge < -0.3 is 5.32 Å². The first-order chi connectivity index (χ1) is 6.05. The van der Waals surface area contributed by atoms with E-state index in [0.717, 1.165) is 6.42 Å². The van der Waals surface area contributed by atoms with Crippen LogP contribution in [0.1, 0.15) is 19.8 Å². The Morgan fingerprint density at radius 2 is 2.38 bits per heavy atom. The van der Waals surface area contributed by atoms with E-state index < -0.39 is 18.5 Å². The normalized spacial score (nSPS) is 25.9. The maximum Gasteiger partial charge on any atom is 0.262 e. The van der Waals surface area contributed by atoms with Crippen LogP contribution in [0.25, 0.3) is 0 Å². The largest absolute Gasteiger partial charge is 0.355 e. The zero-order valence-corrected chi connectivity index (χ0v) is 7.57. The molecule has 0 radical (unpaired) electrons. The van der Waals surface area contributed by atoms with Gasteiger partial charge in [-0.25, -0.2) is 8.78 Å². The smallest absolute Gasteiger partial charge is 0.262 e. The molecule has 1 heterocycles. The molecule has 1 rings (SSSR count). The highest BCUT2D eigenvalue weighted by molar-refractivity contribution is 5.82. The van der Waals surface area contributed by atoms with E-state index in [2.05, 4.69) is 10.6 Å². The molecule has 1 amide bonds. The van der Waals surface area contributed by atoms with Crippen LogP contribution in [0, 0.1) is 0 Å². The molecule has 0 unspecified atom stereocenters. The molecule has 76 valence electrons. The van der Waals surface area contributed by atoms with Gasteiger partial charge in [-0.2, -0.15) is 0 Å².